The average molecular weight is 266 g/mol. The predicted octanol–water partition coefficient (Wildman–Crippen LogP) is 1.31. The minimum absolute atomic E-state index is 0.0487. The van der Waals surface area contributed by atoms with E-state index in [1.807, 2.05) is 0 Å². The lowest BCUT2D eigenvalue weighted by molar-refractivity contribution is -0.385. The minimum Gasteiger partial charge on any atom is -0.477 e. The second kappa shape index (κ2) is 6.48. The van der Waals surface area contributed by atoms with Crippen LogP contribution in [0.3, 0.4) is 0 Å². The molecule has 0 aliphatic heterocycles. The minimum atomic E-state index is -0.635. The molecule has 1 amide bonds. The van der Waals surface area contributed by atoms with Gasteiger partial charge in [0, 0.05) is 17.7 Å². The first-order valence-corrected chi connectivity index (χ1v) is 5.60. The van der Waals surface area contributed by atoms with Gasteiger partial charge >= 0.3 is 5.69 Å². The fraction of sp³-hybridized carbons (Fsp3) is 0.333. The zero-order chi connectivity index (χ0) is 14.4. The Morgan fingerprint density at radius 2 is 2.21 bits per heavy atom. The Morgan fingerprint density at radius 3 is 2.74 bits per heavy atom. The van der Waals surface area contributed by atoms with E-state index in [0.717, 1.165) is 0 Å². The van der Waals surface area contributed by atoms with Crippen molar-refractivity contribution in [2.24, 2.45) is 0 Å². The quantitative estimate of drug-likeness (QED) is 0.475. The van der Waals surface area contributed by atoms with Crippen LogP contribution in [0.2, 0.25) is 0 Å². The molecular formula is C12H14N2O5. The number of nitro benzene ring substituents is 1. The smallest absolute Gasteiger partial charge is 0.310 e. The van der Waals surface area contributed by atoms with E-state index < -0.39 is 4.92 Å². The summed E-state index contributed by atoms with van der Waals surface area (Å²) in [4.78, 5) is 32.2. The van der Waals surface area contributed by atoms with Gasteiger partial charge in [0.1, 0.15) is 6.29 Å². The summed E-state index contributed by atoms with van der Waals surface area (Å²) in [5.74, 6) is -0.491. The molecule has 19 heavy (non-hydrogen) atoms. The van der Waals surface area contributed by atoms with Gasteiger partial charge in [-0.1, -0.05) is 0 Å². The number of nitro groups is 1. The lowest BCUT2D eigenvalue weighted by atomic mass is 10.2. The maximum Gasteiger partial charge on any atom is 0.310 e. The molecule has 0 unspecified atom stereocenters. The van der Waals surface area contributed by atoms with Gasteiger partial charge in [-0.25, -0.2) is 0 Å². The van der Waals surface area contributed by atoms with E-state index in [1.54, 1.807) is 13.8 Å². The molecule has 1 aromatic rings. The van der Waals surface area contributed by atoms with Gasteiger partial charge in [-0.2, -0.15) is 0 Å². The van der Waals surface area contributed by atoms with Gasteiger partial charge in [-0.15, -0.1) is 0 Å². The normalized spacial score (nSPS) is 10.1. The SMILES string of the molecule is CC(C)NC(=O)COc1cc(C=O)ccc1[N+](=O)[O-]. The van der Waals surface area contributed by atoms with E-state index >= 15 is 0 Å². The van der Waals surface area contributed by atoms with Crippen molar-refractivity contribution in [3.05, 3.63) is 33.9 Å². The summed E-state index contributed by atoms with van der Waals surface area (Å²) in [6, 6.07) is 3.66. The van der Waals surface area contributed by atoms with Crippen LogP contribution in [0.15, 0.2) is 18.2 Å². The molecular weight excluding hydrogens is 252 g/mol. The van der Waals surface area contributed by atoms with Crippen LogP contribution in [0.4, 0.5) is 5.69 Å². The molecule has 0 spiro atoms. The van der Waals surface area contributed by atoms with Crippen LogP contribution in [0.1, 0.15) is 24.2 Å². The molecule has 7 nitrogen and oxygen atoms in total. The van der Waals surface area contributed by atoms with Crippen LogP contribution >= 0.6 is 0 Å². The Bertz CT molecular complexity index is 499. The molecule has 102 valence electrons. The highest BCUT2D eigenvalue weighted by atomic mass is 16.6. The summed E-state index contributed by atoms with van der Waals surface area (Å²) < 4.78 is 5.09. The van der Waals surface area contributed by atoms with Crippen molar-refractivity contribution < 1.29 is 19.2 Å². The second-order valence-corrected chi connectivity index (χ2v) is 4.11. The molecule has 0 aliphatic rings. The number of carbonyl (C=O) groups excluding carboxylic acids is 2. The number of hydrogen-bond acceptors (Lipinski definition) is 5. The van der Waals surface area contributed by atoms with Gasteiger partial charge in [0.2, 0.25) is 0 Å². The highest BCUT2D eigenvalue weighted by molar-refractivity contribution is 5.79. The molecule has 7 heteroatoms. The van der Waals surface area contributed by atoms with Gasteiger partial charge < -0.3 is 10.1 Å². The Hall–Kier alpha value is -2.44. The maximum atomic E-state index is 11.4. The average Bonchev–Trinajstić information content (AvgIpc) is 2.34. The number of benzene rings is 1. The summed E-state index contributed by atoms with van der Waals surface area (Å²) in [6.07, 6.45) is 0.546. The van der Waals surface area contributed by atoms with E-state index in [1.165, 1.54) is 18.2 Å². The van der Waals surface area contributed by atoms with Crippen LogP contribution in [0.5, 0.6) is 5.75 Å². The Labute approximate surface area is 109 Å². The van der Waals surface area contributed by atoms with E-state index in [0.29, 0.717) is 6.29 Å². The van der Waals surface area contributed by atoms with Crippen molar-refractivity contribution in [1.82, 2.24) is 5.32 Å². The number of hydrogen-bond donors (Lipinski definition) is 1. The summed E-state index contributed by atoms with van der Waals surface area (Å²) in [7, 11) is 0. The zero-order valence-corrected chi connectivity index (χ0v) is 10.6. The molecule has 0 bridgehead atoms. The molecule has 0 saturated carbocycles. The van der Waals surface area contributed by atoms with Crippen molar-refractivity contribution >= 4 is 17.9 Å². The Morgan fingerprint density at radius 1 is 1.53 bits per heavy atom. The van der Waals surface area contributed by atoms with Crippen LogP contribution < -0.4 is 10.1 Å². The van der Waals surface area contributed by atoms with Crippen molar-refractivity contribution in [2.75, 3.05) is 6.61 Å². The van der Waals surface area contributed by atoms with Crippen molar-refractivity contribution in [3.63, 3.8) is 0 Å². The highest BCUT2D eigenvalue weighted by Crippen LogP contribution is 2.27. The lowest BCUT2D eigenvalue weighted by Crippen LogP contribution is -2.34. The summed E-state index contributed by atoms with van der Waals surface area (Å²) in [5, 5.41) is 13.4. The molecule has 0 aliphatic carbocycles. The highest BCUT2D eigenvalue weighted by Gasteiger charge is 2.16. The van der Waals surface area contributed by atoms with Gasteiger partial charge in [-0.3, -0.25) is 19.7 Å². The van der Waals surface area contributed by atoms with E-state index in [4.69, 9.17) is 4.74 Å². The largest absolute Gasteiger partial charge is 0.477 e. The van der Waals surface area contributed by atoms with Crippen molar-refractivity contribution in [1.29, 1.82) is 0 Å². The fourth-order valence-corrected chi connectivity index (χ4v) is 1.38. The van der Waals surface area contributed by atoms with E-state index in [9.17, 15) is 19.7 Å². The predicted molar refractivity (Wildman–Crippen MR) is 67.3 cm³/mol. The fourth-order valence-electron chi connectivity index (χ4n) is 1.38. The lowest BCUT2D eigenvalue weighted by Gasteiger charge is -2.10. The summed E-state index contributed by atoms with van der Waals surface area (Å²) >= 11 is 0. The first-order valence-electron chi connectivity index (χ1n) is 5.60. The van der Waals surface area contributed by atoms with Crippen LogP contribution in [-0.2, 0) is 4.79 Å². The molecule has 0 radical (unpaired) electrons. The molecule has 0 atom stereocenters. The van der Waals surface area contributed by atoms with Crippen LogP contribution in [0.25, 0.3) is 0 Å². The number of nitrogens with one attached hydrogen (secondary N) is 1. The zero-order valence-electron chi connectivity index (χ0n) is 10.6. The van der Waals surface area contributed by atoms with E-state index in [2.05, 4.69) is 5.32 Å². The summed E-state index contributed by atoms with van der Waals surface area (Å²) in [6.45, 7) is 3.22. The number of amides is 1. The Kier molecular flexibility index (Phi) is 4.99. The third-order valence-electron chi connectivity index (χ3n) is 2.13. The molecule has 1 aromatic carbocycles. The number of ether oxygens (including phenoxy) is 1. The third kappa shape index (κ3) is 4.38. The number of carbonyl (C=O) groups is 2. The number of aldehydes is 1. The van der Waals surface area contributed by atoms with Gasteiger partial charge in [0.25, 0.3) is 5.91 Å². The molecule has 1 N–H and O–H groups in total. The topological polar surface area (TPSA) is 98.5 Å². The summed E-state index contributed by atoms with van der Waals surface area (Å²) in [5.41, 5.74) is -0.0483. The van der Waals surface area contributed by atoms with E-state index in [-0.39, 0.29) is 35.6 Å². The second-order valence-electron chi connectivity index (χ2n) is 4.11. The monoisotopic (exact) mass is 266 g/mol. The first kappa shape index (κ1) is 14.6. The Balaban J connectivity index is 2.83. The van der Waals surface area contributed by atoms with Crippen LogP contribution in [-0.4, -0.2) is 29.8 Å². The van der Waals surface area contributed by atoms with Gasteiger partial charge in [0.05, 0.1) is 4.92 Å². The standard InChI is InChI=1S/C12H14N2O5/c1-8(2)13-12(16)7-19-11-5-9(6-15)3-4-10(11)14(17)18/h3-6,8H,7H2,1-2H3,(H,13,16). The number of nitrogens with zero attached hydrogens (tertiary/aromatic N) is 1. The number of rotatable bonds is 6. The van der Waals surface area contributed by atoms with Gasteiger partial charge in [0.15, 0.2) is 12.4 Å². The van der Waals surface area contributed by atoms with Gasteiger partial charge in [-0.05, 0) is 26.0 Å². The molecule has 0 heterocycles. The van der Waals surface area contributed by atoms with Crippen LogP contribution in [0, 0.1) is 10.1 Å². The third-order valence-corrected chi connectivity index (χ3v) is 2.13. The van der Waals surface area contributed by atoms with Crippen molar-refractivity contribution in [3.8, 4) is 5.75 Å². The molecule has 0 fully saturated rings. The molecule has 0 aromatic heterocycles. The molecule has 0 saturated heterocycles. The van der Waals surface area contributed by atoms with Crippen molar-refractivity contribution in [2.45, 2.75) is 19.9 Å². The maximum absolute atomic E-state index is 11.4. The first-order chi connectivity index (χ1) is 8.93. The molecule has 1 rings (SSSR count).